The molecule has 0 saturated heterocycles. The minimum atomic E-state index is -0.967. The Hall–Kier alpha value is -1.09. The van der Waals surface area contributed by atoms with Gasteiger partial charge in [-0.05, 0) is 18.6 Å². The Bertz CT molecular complexity index is 364. The average Bonchev–Trinajstić information content (AvgIpc) is 2.25. The molecule has 1 aromatic rings. The summed E-state index contributed by atoms with van der Waals surface area (Å²) < 4.78 is 31.2. The van der Waals surface area contributed by atoms with Gasteiger partial charge in [0, 0.05) is 11.4 Å². The van der Waals surface area contributed by atoms with Crippen molar-refractivity contribution < 1.29 is 13.5 Å². The second-order valence-corrected chi connectivity index (χ2v) is 3.24. The van der Waals surface area contributed by atoms with Crippen molar-refractivity contribution in [3.8, 4) is 5.75 Å². The molecule has 0 aliphatic heterocycles. The molecule has 0 aliphatic carbocycles. The molecule has 0 aromatic heterocycles. The minimum absolute atomic E-state index is 0.0954. The molecule has 15 heavy (non-hydrogen) atoms. The van der Waals surface area contributed by atoms with Crippen molar-refractivity contribution >= 4 is 17.7 Å². The number of hydrogen-bond donors (Lipinski definition) is 0. The molecular weight excluding hydrogens is 222 g/mol. The van der Waals surface area contributed by atoms with E-state index >= 15 is 0 Å². The van der Waals surface area contributed by atoms with Crippen LogP contribution in [0.5, 0.6) is 5.75 Å². The number of rotatable bonds is 4. The summed E-state index contributed by atoms with van der Waals surface area (Å²) in [6.07, 6.45) is 3.81. The molecule has 0 bridgehead atoms. The van der Waals surface area contributed by atoms with Crippen LogP contribution in [0.1, 0.15) is 12.0 Å². The van der Waals surface area contributed by atoms with E-state index in [1.807, 2.05) is 0 Å². The maximum atomic E-state index is 13.3. The quantitative estimate of drug-likeness (QED) is 0.721. The molecule has 1 nitrogen and oxygen atoms in total. The van der Waals surface area contributed by atoms with E-state index in [1.54, 1.807) is 6.08 Å². The van der Waals surface area contributed by atoms with E-state index in [1.165, 1.54) is 25.3 Å². The van der Waals surface area contributed by atoms with Crippen LogP contribution in [-0.4, -0.2) is 13.0 Å². The third kappa shape index (κ3) is 2.93. The van der Waals surface area contributed by atoms with Crippen molar-refractivity contribution in [2.24, 2.45) is 0 Å². The molecule has 4 heteroatoms. The van der Waals surface area contributed by atoms with Gasteiger partial charge >= 0.3 is 0 Å². The van der Waals surface area contributed by atoms with Crippen molar-refractivity contribution in [1.82, 2.24) is 0 Å². The maximum absolute atomic E-state index is 13.3. The van der Waals surface area contributed by atoms with Gasteiger partial charge in [0.05, 0.1) is 7.11 Å². The monoisotopic (exact) mass is 232 g/mol. The summed E-state index contributed by atoms with van der Waals surface area (Å²) in [7, 11) is 1.29. The van der Waals surface area contributed by atoms with E-state index < -0.39 is 11.6 Å². The highest BCUT2D eigenvalue weighted by Gasteiger charge is 2.11. The zero-order valence-electron chi connectivity index (χ0n) is 8.27. The fraction of sp³-hybridized carbons (Fsp3) is 0.273. The lowest BCUT2D eigenvalue weighted by Gasteiger charge is -2.04. The van der Waals surface area contributed by atoms with Crippen molar-refractivity contribution in [2.45, 2.75) is 6.42 Å². The molecular formula is C11H11ClF2O. The summed E-state index contributed by atoms with van der Waals surface area (Å²) in [6, 6.07) is 2.85. The molecule has 0 spiro atoms. The van der Waals surface area contributed by atoms with Crippen LogP contribution in [0.4, 0.5) is 8.78 Å². The molecule has 0 amide bonds. The van der Waals surface area contributed by atoms with E-state index in [0.29, 0.717) is 12.3 Å². The van der Waals surface area contributed by atoms with Crippen LogP contribution in [0.15, 0.2) is 18.2 Å². The summed E-state index contributed by atoms with van der Waals surface area (Å²) in [5.41, 5.74) is 0.193. The molecule has 1 aromatic carbocycles. The number of allylic oxidation sites excluding steroid dienone is 1. The SMILES string of the molecule is COc1ccc(C=CCCCl)c(F)c1F. The van der Waals surface area contributed by atoms with Gasteiger partial charge in [-0.15, -0.1) is 11.6 Å². The lowest BCUT2D eigenvalue weighted by atomic mass is 10.1. The summed E-state index contributed by atoms with van der Waals surface area (Å²) in [4.78, 5) is 0. The highest BCUT2D eigenvalue weighted by Crippen LogP contribution is 2.23. The van der Waals surface area contributed by atoms with Gasteiger partial charge in [-0.1, -0.05) is 12.2 Å². The highest BCUT2D eigenvalue weighted by molar-refractivity contribution is 6.17. The van der Waals surface area contributed by atoms with Crippen LogP contribution in [0, 0.1) is 11.6 Å². The van der Waals surface area contributed by atoms with Gasteiger partial charge in [-0.25, -0.2) is 4.39 Å². The number of ether oxygens (including phenoxy) is 1. The van der Waals surface area contributed by atoms with E-state index in [-0.39, 0.29) is 11.3 Å². The summed E-state index contributed by atoms with van der Waals surface area (Å²) in [5, 5.41) is 0. The second kappa shape index (κ2) is 5.71. The first-order valence-corrected chi connectivity index (χ1v) is 4.98. The Morgan fingerprint density at radius 1 is 1.33 bits per heavy atom. The average molecular weight is 233 g/mol. The second-order valence-electron chi connectivity index (χ2n) is 2.87. The summed E-state index contributed by atoms with van der Waals surface area (Å²) in [5.74, 6) is -1.51. The van der Waals surface area contributed by atoms with Crippen LogP contribution in [-0.2, 0) is 0 Å². The zero-order chi connectivity index (χ0) is 11.3. The molecule has 1 rings (SSSR count). The van der Waals surface area contributed by atoms with Crippen LogP contribution < -0.4 is 4.74 Å². The molecule has 0 radical (unpaired) electrons. The van der Waals surface area contributed by atoms with Gasteiger partial charge in [0.2, 0.25) is 5.82 Å². The molecule has 0 N–H and O–H groups in total. The predicted molar refractivity (Wildman–Crippen MR) is 57.3 cm³/mol. The number of hydrogen-bond acceptors (Lipinski definition) is 1. The first kappa shape index (κ1) is 12.0. The van der Waals surface area contributed by atoms with Crippen LogP contribution in [0.2, 0.25) is 0 Å². The predicted octanol–water partition coefficient (Wildman–Crippen LogP) is 3.62. The lowest BCUT2D eigenvalue weighted by molar-refractivity contribution is 0.371. The number of methoxy groups -OCH3 is 1. The molecule has 82 valence electrons. The first-order valence-electron chi connectivity index (χ1n) is 4.45. The molecule has 0 atom stereocenters. The van der Waals surface area contributed by atoms with Gasteiger partial charge in [0.15, 0.2) is 11.6 Å². The Morgan fingerprint density at radius 3 is 2.67 bits per heavy atom. The standard InChI is InChI=1S/C11H11ClF2O/c1-15-9-6-5-8(4-2-3-7-12)10(13)11(9)14/h2,4-6H,3,7H2,1H3. The van der Waals surface area contributed by atoms with Gasteiger partial charge in [0.25, 0.3) is 0 Å². The Kier molecular flexibility index (Phi) is 4.56. The molecule has 0 unspecified atom stereocenters. The molecule has 0 saturated carbocycles. The number of benzene rings is 1. The van der Waals surface area contributed by atoms with E-state index in [0.717, 1.165) is 0 Å². The van der Waals surface area contributed by atoms with E-state index in [9.17, 15) is 8.78 Å². The van der Waals surface area contributed by atoms with Gasteiger partial charge in [-0.2, -0.15) is 4.39 Å². The number of halogens is 3. The summed E-state index contributed by atoms with van der Waals surface area (Å²) >= 11 is 5.45. The van der Waals surface area contributed by atoms with Crippen LogP contribution >= 0.6 is 11.6 Å². The van der Waals surface area contributed by atoms with Gasteiger partial charge < -0.3 is 4.74 Å². The fourth-order valence-corrected chi connectivity index (χ4v) is 1.23. The molecule has 0 fully saturated rings. The Balaban J connectivity index is 2.96. The number of alkyl halides is 1. The normalized spacial score (nSPS) is 10.9. The van der Waals surface area contributed by atoms with E-state index in [4.69, 9.17) is 11.6 Å². The lowest BCUT2D eigenvalue weighted by Crippen LogP contribution is -1.94. The maximum Gasteiger partial charge on any atom is 0.201 e. The smallest absolute Gasteiger partial charge is 0.201 e. The Labute approximate surface area is 92.3 Å². The highest BCUT2D eigenvalue weighted by atomic mass is 35.5. The van der Waals surface area contributed by atoms with Gasteiger partial charge in [-0.3, -0.25) is 0 Å². The van der Waals surface area contributed by atoms with Crippen LogP contribution in [0.3, 0.4) is 0 Å². The largest absolute Gasteiger partial charge is 0.494 e. The van der Waals surface area contributed by atoms with Crippen molar-refractivity contribution in [3.05, 3.63) is 35.4 Å². The molecule has 0 aliphatic rings. The third-order valence-electron chi connectivity index (χ3n) is 1.87. The fourth-order valence-electron chi connectivity index (χ4n) is 1.11. The Morgan fingerprint density at radius 2 is 2.07 bits per heavy atom. The summed E-state index contributed by atoms with van der Waals surface area (Å²) in [6.45, 7) is 0. The topological polar surface area (TPSA) is 9.23 Å². The first-order chi connectivity index (χ1) is 7.20. The zero-order valence-corrected chi connectivity index (χ0v) is 9.02. The third-order valence-corrected chi connectivity index (χ3v) is 2.09. The van der Waals surface area contributed by atoms with Crippen molar-refractivity contribution in [2.75, 3.05) is 13.0 Å². The van der Waals surface area contributed by atoms with Crippen LogP contribution in [0.25, 0.3) is 6.08 Å². The van der Waals surface area contributed by atoms with Crippen molar-refractivity contribution in [3.63, 3.8) is 0 Å². The van der Waals surface area contributed by atoms with E-state index in [2.05, 4.69) is 4.74 Å². The van der Waals surface area contributed by atoms with Gasteiger partial charge in [0.1, 0.15) is 0 Å². The minimum Gasteiger partial charge on any atom is -0.494 e. The van der Waals surface area contributed by atoms with Crippen molar-refractivity contribution in [1.29, 1.82) is 0 Å². The molecule has 0 heterocycles.